The number of urea groups is 1. The maximum atomic E-state index is 13.4. The Kier molecular flexibility index (Phi) is 10.3. The van der Waals surface area contributed by atoms with Crippen molar-refractivity contribution in [2.45, 2.75) is 39.4 Å². The minimum Gasteiger partial charge on any atom is -0.444 e. The number of pyridine rings is 1. The normalized spacial score (nSPS) is 13.4. The lowest BCUT2D eigenvalue weighted by Crippen LogP contribution is -2.40. The first kappa shape index (κ1) is 34.0. The number of hydrogen-bond donors (Lipinski definition) is 1. The number of rotatable bonds is 12. The number of oxazole rings is 1. The van der Waals surface area contributed by atoms with Gasteiger partial charge in [-0.1, -0.05) is 30.3 Å². The highest BCUT2D eigenvalue weighted by molar-refractivity contribution is 6.06. The van der Waals surface area contributed by atoms with E-state index in [0.29, 0.717) is 32.8 Å². The lowest BCUT2D eigenvalue weighted by atomic mass is 10.2. The number of nitrogens with zero attached hydrogens (tertiary/aromatic N) is 7. The number of anilines is 3. The molecule has 1 saturated heterocycles. The smallest absolute Gasteiger partial charge is 0.416 e. The van der Waals surface area contributed by atoms with Crippen molar-refractivity contribution in [3.63, 3.8) is 0 Å². The van der Waals surface area contributed by atoms with E-state index in [1.165, 1.54) is 27.9 Å². The summed E-state index contributed by atoms with van der Waals surface area (Å²) in [4.78, 5) is 51.3. The zero-order valence-corrected chi connectivity index (χ0v) is 26.9. The van der Waals surface area contributed by atoms with Gasteiger partial charge in [0.15, 0.2) is 11.5 Å². The largest absolute Gasteiger partial charge is 0.444 e. The molecule has 1 aliphatic heterocycles. The van der Waals surface area contributed by atoms with Gasteiger partial charge in [0, 0.05) is 38.4 Å². The topological polar surface area (TPSA) is 148 Å². The fraction of sp³-hybridized carbons (Fsp3) is 0.375. The Morgan fingerprint density at radius 1 is 1.15 bits per heavy atom. The first-order chi connectivity index (χ1) is 22.9. The van der Waals surface area contributed by atoms with E-state index in [1.807, 2.05) is 30.3 Å². The predicted molar refractivity (Wildman–Crippen MR) is 171 cm³/mol. The quantitative estimate of drug-likeness (QED) is 0.202. The van der Waals surface area contributed by atoms with Crippen LogP contribution in [0.5, 0.6) is 0 Å². The van der Waals surface area contributed by atoms with Gasteiger partial charge >= 0.3 is 12.1 Å². The van der Waals surface area contributed by atoms with E-state index in [0.717, 1.165) is 16.7 Å². The summed E-state index contributed by atoms with van der Waals surface area (Å²) in [5.74, 6) is -0.499. The number of nitrogens with one attached hydrogen (secondary N) is 1. The number of amides is 4. The van der Waals surface area contributed by atoms with Crippen LogP contribution < -0.4 is 15.1 Å². The molecule has 16 heteroatoms. The van der Waals surface area contributed by atoms with Crippen molar-refractivity contribution >= 4 is 35.4 Å². The van der Waals surface area contributed by atoms with Crippen molar-refractivity contribution < 1.29 is 37.1 Å². The molecule has 4 heterocycles. The first-order valence-corrected chi connectivity index (χ1v) is 15.1. The summed E-state index contributed by atoms with van der Waals surface area (Å²) in [6.45, 7) is 5.92. The zero-order chi connectivity index (χ0) is 34.4. The maximum Gasteiger partial charge on any atom is 0.416 e. The molecular weight excluding hydrogens is 630 g/mol. The number of aromatic nitrogens is 4. The van der Waals surface area contributed by atoms with Crippen molar-refractivity contribution in [2.75, 3.05) is 47.9 Å². The third-order valence-electron chi connectivity index (χ3n) is 6.97. The van der Waals surface area contributed by atoms with Crippen molar-refractivity contribution in [3.05, 3.63) is 72.4 Å². The van der Waals surface area contributed by atoms with Gasteiger partial charge < -0.3 is 24.1 Å². The van der Waals surface area contributed by atoms with E-state index in [4.69, 9.17) is 13.9 Å². The number of hydrogen-bond acceptors (Lipinski definition) is 9. The molecule has 5 rings (SSSR count). The summed E-state index contributed by atoms with van der Waals surface area (Å²) < 4.78 is 44.7. The second-order valence-corrected chi connectivity index (χ2v) is 11.9. The molecule has 0 atom stereocenters. The molecule has 254 valence electrons. The van der Waals surface area contributed by atoms with Gasteiger partial charge in [-0.2, -0.15) is 5.10 Å². The van der Waals surface area contributed by atoms with E-state index >= 15 is 0 Å². The lowest BCUT2D eigenvalue weighted by molar-refractivity contribution is 0.0542. The monoisotopic (exact) mass is 666 g/mol. The van der Waals surface area contributed by atoms with E-state index in [9.17, 15) is 23.2 Å². The number of benzene rings is 1. The minimum absolute atomic E-state index is 0.0174. The number of carbonyl (C=O) groups excluding carboxylic acids is 3. The average Bonchev–Trinajstić information content (AvgIpc) is 3.76. The summed E-state index contributed by atoms with van der Waals surface area (Å²) in [5.41, 5.74) is 0.584. The van der Waals surface area contributed by atoms with E-state index < -0.39 is 30.6 Å². The Bertz CT molecular complexity index is 1740. The van der Waals surface area contributed by atoms with Crippen LogP contribution >= 0.6 is 0 Å². The van der Waals surface area contributed by atoms with E-state index in [1.54, 1.807) is 38.9 Å². The van der Waals surface area contributed by atoms with Crippen molar-refractivity contribution in [2.24, 2.45) is 7.05 Å². The molecule has 4 amide bonds. The number of carbonyl (C=O) groups is 3. The van der Waals surface area contributed by atoms with E-state index in [-0.39, 0.29) is 40.5 Å². The van der Waals surface area contributed by atoms with Crippen LogP contribution in [0.4, 0.5) is 35.7 Å². The highest BCUT2D eigenvalue weighted by Gasteiger charge is 2.33. The highest BCUT2D eigenvalue weighted by atomic mass is 19.3. The molecule has 1 N–H and O–H groups in total. The number of halogens is 2. The molecule has 0 bridgehead atoms. The fourth-order valence-corrected chi connectivity index (χ4v) is 4.80. The number of ether oxygens (including phenoxy) is 2. The van der Waals surface area contributed by atoms with Crippen molar-refractivity contribution in [1.82, 2.24) is 24.6 Å². The molecule has 3 aromatic heterocycles. The minimum atomic E-state index is -2.85. The maximum absolute atomic E-state index is 13.4. The summed E-state index contributed by atoms with van der Waals surface area (Å²) in [5, 5.41) is 7.13. The Hall–Kier alpha value is -5.38. The van der Waals surface area contributed by atoms with Gasteiger partial charge in [-0.05, 0) is 38.5 Å². The molecule has 0 unspecified atom stereocenters. The summed E-state index contributed by atoms with van der Waals surface area (Å²) in [6.07, 6.45) is 0.143. The van der Waals surface area contributed by atoms with Gasteiger partial charge in [-0.25, -0.2) is 28.3 Å². The summed E-state index contributed by atoms with van der Waals surface area (Å²) in [7, 11) is 1.67. The summed E-state index contributed by atoms with van der Waals surface area (Å²) >= 11 is 0. The SMILES string of the molecule is Cn1cc(NC(=O)c2coc(-c3ccnc(N(CC(F)F)C(=O)OC(C)(C)C)c3)n2)c(N2CCN(CCOCc3ccccc3)C2=O)n1. The van der Waals surface area contributed by atoms with Crippen LogP contribution in [0.25, 0.3) is 11.5 Å². The molecule has 0 saturated carbocycles. The van der Waals surface area contributed by atoms with Gasteiger partial charge in [0.1, 0.15) is 23.4 Å². The van der Waals surface area contributed by atoms with Crippen LogP contribution in [-0.2, 0) is 23.1 Å². The Morgan fingerprint density at radius 2 is 1.92 bits per heavy atom. The molecule has 0 spiro atoms. The average molecular weight is 667 g/mol. The molecule has 1 fully saturated rings. The molecule has 1 aliphatic rings. The summed E-state index contributed by atoms with van der Waals surface area (Å²) in [6, 6.07) is 12.3. The third-order valence-corrected chi connectivity index (χ3v) is 6.97. The molecule has 48 heavy (non-hydrogen) atoms. The van der Waals surface area contributed by atoms with Gasteiger partial charge in [-0.3, -0.25) is 19.3 Å². The second-order valence-electron chi connectivity index (χ2n) is 11.9. The molecule has 1 aromatic carbocycles. The van der Waals surface area contributed by atoms with Gasteiger partial charge in [0.2, 0.25) is 5.89 Å². The Balaban J connectivity index is 1.24. The van der Waals surface area contributed by atoms with E-state index in [2.05, 4.69) is 20.4 Å². The zero-order valence-electron chi connectivity index (χ0n) is 26.9. The molecule has 4 aromatic rings. The van der Waals surface area contributed by atoms with Gasteiger partial charge in [0.25, 0.3) is 12.3 Å². The molecule has 0 radical (unpaired) electrons. The van der Waals surface area contributed by atoms with Crippen LogP contribution in [0.3, 0.4) is 0 Å². The van der Waals surface area contributed by atoms with Crippen molar-refractivity contribution in [3.8, 4) is 11.5 Å². The molecule has 0 aliphatic carbocycles. The number of aryl methyl sites for hydroxylation is 1. The Labute approximate surface area is 275 Å². The van der Waals surface area contributed by atoms with Crippen LogP contribution in [-0.4, -0.2) is 87.5 Å². The predicted octanol–water partition coefficient (Wildman–Crippen LogP) is 5.19. The van der Waals surface area contributed by atoms with Crippen LogP contribution in [0.1, 0.15) is 36.8 Å². The van der Waals surface area contributed by atoms with Crippen LogP contribution in [0.15, 0.2) is 65.5 Å². The van der Waals surface area contributed by atoms with Crippen LogP contribution in [0, 0.1) is 0 Å². The molecule has 14 nitrogen and oxygen atoms in total. The van der Waals surface area contributed by atoms with Crippen LogP contribution in [0.2, 0.25) is 0 Å². The third kappa shape index (κ3) is 8.50. The number of alkyl halides is 2. The lowest BCUT2D eigenvalue weighted by Gasteiger charge is -2.26. The first-order valence-electron chi connectivity index (χ1n) is 15.1. The standard InChI is InChI=1S/C32H36F2N8O6/c1-32(2,3)48-31(45)42(18-25(33)34)26-16-22(10-11-35-26)29-37-24(20-47-29)28(43)36-23-17-39(4)38-27(23)41-13-12-40(30(41)44)14-15-46-19-21-8-6-5-7-9-21/h5-11,16-17,20,25H,12-15,18-19H2,1-4H3,(H,36,43). The van der Waals surface area contributed by atoms with Gasteiger partial charge in [0.05, 0.1) is 26.0 Å². The van der Waals surface area contributed by atoms with Crippen molar-refractivity contribution in [1.29, 1.82) is 0 Å². The van der Waals surface area contributed by atoms with Gasteiger partial charge in [-0.15, -0.1) is 0 Å². The molecular formula is C32H36F2N8O6. The highest BCUT2D eigenvalue weighted by Crippen LogP contribution is 2.29. The Morgan fingerprint density at radius 3 is 2.65 bits per heavy atom. The second kappa shape index (κ2) is 14.6. The fourth-order valence-electron chi connectivity index (χ4n) is 4.80.